The normalized spacial score (nSPS) is 15.6. The van der Waals surface area contributed by atoms with E-state index in [9.17, 15) is 0 Å². The molecular weight excluding hydrogens is 495 g/mol. The van der Waals surface area contributed by atoms with E-state index < -0.39 is 0 Å². The first-order chi connectivity index (χ1) is 13.8. The number of hydrogen-bond donors (Lipinski definition) is 2. The van der Waals surface area contributed by atoms with Gasteiger partial charge in [-0.2, -0.15) is 0 Å². The molecule has 0 amide bonds. The van der Waals surface area contributed by atoms with Crippen LogP contribution in [-0.4, -0.2) is 44.1 Å². The summed E-state index contributed by atoms with van der Waals surface area (Å²) in [5.41, 5.74) is 1.15. The number of thiophene rings is 1. The number of aliphatic imine (C=N–C) groups is 1. The molecule has 160 valence electrons. The number of nitrogens with one attached hydrogen (secondary N) is 2. The van der Waals surface area contributed by atoms with Gasteiger partial charge in [-0.25, -0.2) is 4.99 Å². The molecule has 0 spiro atoms. The summed E-state index contributed by atoms with van der Waals surface area (Å²) in [5, 5.41) is 9.06. The van der Waals surface area contributed by atoms with E-state index in [-0.39, 0.29) is 24.0 Å². The topological polar surface area (TPSA) is 48.9 Å². The predicted molar refractivity (Wildman–Crippen MR) is 134 cm³/mol. The summed E-state index contributed by atoms with van der Waals surface area (Å²) in [6, 6.07) is 12.5. The minimum Gasteiger partial charge on any atom is -0.497 e. The summed E-state index contributed by atoms with van der Waals surface area (Å²) in [4.78, 5) is 8.78. The van der Waals surface area contributed by atoms with Crippen molar-refractivity contribution in [3.63, 3.8) is 0 Å². The number of piperidine rings is 1. The molecule has 29 heavy (non-hydrogen) atoms. The Bertz CT molecular complexity index is 730. The molecule has 2 N–H and O–H groups in total. The number of nitrogens with zero attached hydrogens (tertiary/aromatic N) is 2. The third-order valence-corrected chi connectivity index (χ3v) is 5.98. The first kappa shape index (κ1) is 24.0. The van der Waals surface area contributed by atoms with Crippen molar-refractivity contribution in [3.05, 3.63) is 52.2 Å². The summed E-state index contributed by atoms with van der Waals surface area (Å²) < 4.78 is 5.29. The fraction of sp³-hybridized carbons (Fsp3) is 0.500. The molecule has 1 fully saturated rings. The average Bonchev–Trinajstić information content (AvgIpc) is 3.24. The SMILES string of the molecule is CCNC(=NCc1cccc(OC)c1)NCC1CCN(Cc2cccs2)CC1.I. The summed E-state index contributed by atoms with van der Waals surface area (Å²) >= 11 is 1.86. The smallest absolute Gasteiger partial charge is 0.191 e. The van der Waals surface area contributed by atoms with Gasteiger partial charge in [-0.3, -0.25) is 4.90 Å². The Kier molecular flexibility index (Phi) is 10.8. The molecule has 1 saturated heterocycles. The van der Waals surface area contributed by atoms with Gasteiger partial charge >= 0.3 is 0 Å². The first-order valence-corrected chi connectivity index (χ1v) is 11.0. The minimum atomic E-state index is 0. The molecule has 1 aromatic carbocycles. The lowest BCUT2D eigenvalue weighted by Crippen LogP contribution is -2.42. The Morgan fingerprint density at radius 3 is 2.72 bits per heavy atom. The van der Waals surface area contributed by atoms with Crippen molar-refractivity contribution in [1.29, 1.82) is 0 Å². The van der Waals surface area contributed by atoms with Crippen molar-refractivity contribution in [1.82, 2.24) is 15.5 Å². The third-order valence-electron chi connectivity index (χ3n) is 5.12. The number of halogens is 1. The molecule has 0 radical (unpaired) electrons. The molecule has 1 aliphatic rings. The van der Waals surface area contributed by atoms with Crippen LogP contribution < -0.4 is 15.4 Å². The van der Waals surface area contributed by atoms with Crippen LogP contribution in [-0.2, 0) is 13.1 Å². The van der Waals surface area contributed by atoms with E-state index in [0.717, 1.165) is 36.9 Å². The largest absolute Gasteiger partial charge is 0.497 e. The van der Waals surface area contributed by atoms with Gasteiger partial charge in [0.1, 0.15) is 5.75 Å². The fourth-order valence-electron chi connectivity index (χ4n) is 3.50. The maximum atomic E-state index is 5.29. The highest BCUT2D eigenvalue weighted by Gasteiger charge is 2.19. The lowest BCUT2D eigenvalue weighted by Gasteiger charge is -2.32. The van der Waals surface area contributed by atoms with Crippen LogP contribution >= 0.6 is 35.3 Å². The number of methoxy groups -OCH3 is 1. The van der Waals surface area contributed by atoms with Crippen LogP contribution in [0.3, 0.4) is 0 Å². The maximum Gasteiger partial charge on any atom is 0.191 e. The average molecular weight is 529 g/mol. The molecule has 2 aromatic rings. The Morgan fingerprint density at radius 1 is 1.21 bits per heavy atom. The van der Waals surface area contributed by atoms with Gasteiger partial charge in [0.15, 0.2) is 5.96 Å². The number of likely N-dealkylation sites (tertiary alicyclic amines) is 1. The summed E-state index contributed by atoms with van der Waals surface area (Å²) in [7, 11) is 1.69. The Hall–Kier alpha value is -1.32. The van der Waals surface area contributed by atoms with Crippen molar-refractivity contribution >= 4 is 41.3 Å². The maximum absolute atomic E-state index is 5.29. The standard InChI is InChI=1S/C22H32N4OS.HI/c1-3-23-22(25-16-19-6-4-7-20(14-19)27-2)24-15-18-9-11-26(12-10-18)17-21-8-5-13-28-21;/h4-8,13-14,18H,3,9-12,15-17H2,1-2H3,(H2,23,24,25);1H. The van der Waals surface area contributed by atoms with Crippen LogP contribution in [0.4, 0.5) is 0 Å². The number of guanidine groups is 1. The Labute approximate surface area is 196 Å². The second kappa shape index (κ2) is 13.1. The molecule has 3 rings (SSSR count). The van der Waals surface area contributed by atoms with Gasteiger partial charge in [-0.1, -0.05) is 18.2 Å². The predicted octanol–water partition coefficient (Wildman–Crippen LogP) is 4.34. The van der Waals surface area contributed by atoms with Crippen LogP contribution in [0.5, 0.6) is 5.75 Å². The first-order valence-electron chi connectivity index (χ1n) is 10.2. The number of rotatable bonds is 8. The van der Waals surface area contributed by atoms with Gasteiger partial charge in [0, 0.05) is 24.5 Å². The quantitative estimate of drug-likeness (QED) is 0.304. The lowest BCUT2D eigenvalue weighted by atomic mass is 9.97. The zero-order valence-electron chi connectivity index (χ0n) is 17.4. The molecule has 0 bridgehead atoms. The molecule has 1 aliphatic heterocycles. The van der Waals surface area contributed by atoms with Crippen molar-refractivity contribution in [3.8, 4) is 5.75 Å². The monoisotopic (exact) mass is 528 g/mol. The summed E-state index contributed by atoms with van der Waals surface area (Å²) in [5.74, 6) is 2.48. The minimum absolute atomic E-state index is 0. The summed E-state index contributed by atoms with van der Waals surface area (Å²) in [6.07, 6.45) is 2.49. The van der Waals surface area contributed by atoms with E-state index in [0.29, 0.717) is 12.5 Å². The molecule has 0 aliphatic carbocycles. The highest BCUT2D eigenvalue weighted by atomic mass is 127. The van der Waals surface area contributed by atoms with Gasteiger partial charge in [0.05, 0.1) is 13.7 Å². The van der Waals surface area contributed by atoms with Crippen LogP contribution in [0.2, 0.25) is 0 Å². The second-order valence-corrected chi connectivity index (χ2v) is 8.26. The van der Waals surface area contributed by atoms with Gasteiger partial charge in [0.2, 0.25) is 0 Å². The zero-order valence-corrected chi connectivity index (χ0v) is 20.5. The van der Waals surface area contributed by atoms with E-state index in [1.54, 1.807) is 7.11 Å². The van der Waals surface area contributed by atoms with E-state index >= 15 is 0 Å². The molecule has 0 saturated carbocycles. The Morgan fingerprint density at radius 2 is 2.03 bits per heavy atom. The highest BCUT2D eigenvalue weighted by Crippen LogP contribution is 2.20. The number of ether oxygens (including phenoxy) is 1. The van der Waals surface area contributed by atoms with Gasteiger partial charge < -0.3 is 15.4 Å². The molecule has 0 unspecified atom stereocenters. The van der Waals surface area contributed by atoms with Gasteiger partial charge in [0.25, 0.3) is 0 Å². The van der Waals surface area contributed by atoms with E-state index in [1.807, 2.05) is 29.5 Å². The molecule has 5 nitrogen and oxygen atoms in total. The van der Waals surface area contributed by atoms with Crippen LogP contribution in [0, 0.1) is 5.92 Å². The van der Waals surface area contributed by atoms with Crippen LogP contribution in [0.25, 0.3) is 0 Å². The van der Waals surface area contributed by atoms with Crippen LogP contribution in [0.15, 0.2) is 46.8 Å². The van der Waals surface area contributed by atoms with E-state index in [4.69, 9.17) is 9.73 Å². The van der Waals surface area contributed by atoms with Crippen LogP contribution in [0.1, 0.15) is 30.2 Å². The third kappa shape index (κ3) is 8.14. The lowest BCUT2D eigenvalue weighted by molar-refractivity contribution is 0.179. The molecule has 1 aromatic heterocycles. The number of benzene rings is 1. The summed E-state index contributed by atoms with van der Waals surface area (Å²) in [6.45, 7) is 8.06. The van der Waals surface area contributed by atoms with Gasteiger partial charge in [-0.05, 0) is 67.9 Å². The van der Waals surface area contributed by atoms with Crippen molar-refractivity contribution < 1.29 is 4.74 Å². The van der Waals surface area contributed by atoms with Crippen molar-refractivity contribution in [2.75, 3.05) is 33.3 Å². The highest BCUT2D eigenvalue weighted by molar-refractivity contribution is 14.0. The zero-order chi connectivity index (χ0) is 19.6. The van der Waals surface area contributed by atoms with E-state index in [1.165, 1.54) is 30.8 Å². The molecule has 0 atom stereocenters. The fourth-order valence-corrected chi connectivity index (χ4v) is 4.24. The molecule has 2 heterocycles. The van der Waals surface area contributed by atoms with Crippen molar-refractivity contribution in [2.24, 2.45) is 10.9 Å². The molecular formula is C22H33IN4OS. The van der Waals surface area contributed by atoms with Crippen molar-refractivity contribution in [2.45, 2.75) is 32.9 Å². The van der Waals surface area contributed by atoms with E-state index in [2.05, 4.69) is 46.0 Å². The second-order valence-electron chi connectivity index (χ2n) is 7.23. The Balaban J connectivity index is 0.00000300. The molecule has 7 heteroatoms. The van der Waals surface area contributed by atoms with Gasteiger partial charge in [-0.15, -0.1) is 35.3 Å². The number of hydrogen-bond acceptors (Lipinski definition) is 4.